The van der Waals surface area contributed by atoms with E-state index in [2.05, 4.69) is 0 Å². The number of primary amides is 1. The molecule has 198 valence electrons. The molecule has 5 rings (SSSR count). The molecule has 0 spiro atoms. The number of likely N-dealkylation sites (tertiary alicyclic amines) is 1. The van der Waals surface area contributed by atoms with E-state index in [0.29, 0.717) is 34.0 Å². The van der Waals surface area contributed by atoms with E-state index in [4.69, 9.17) is 14.9 Å². The lowest BCUT2D eigenvalue weighted by Gasteiger charge is -2.31. The summed E-state index contributed by atoms with van der Waals surface area (Å²) >= 11 is 0. The highest BCUT2D eigenvalue weighted by Gasteiger charge is 2.57. The van der Waals surface area contributed by atoms with Crippen LogP contribution in [0.2, 0.25) is 0 Å². The fourth-order valence-electron chi connectivity index (χ4n) is 5.80. The maximum Gasteiger partial charge on any atom is 0.255 e. The monoisotopic (exact) mass is 522 g/mol. The largest absolute Gasteiger partial charge is 0.497 e. The number of aryl methyl sites for hydroxylation is 2. The van der Waals surface area contributed by atoms with Gasteiger partial charge in [-0.3, -0.25) is 14.4 Å². The van der Waals surface area contributed by atoms with Crippen LogP contribution in [0.5, 0.6) is 5.75 Å². The number of ketones is 1. The third-order valence-electron chi connectivity index (χ3n) is 7.46. The number of benzene rings is 3. The lowest BCUT2D eigenvalue weighted by atomic mass is 9.76. The first kappa shape index (κ1) is 26.0. The van der Waals surface area contributed by atoms with Gasteiger partial charge in [-0.25, -0.2) is 0 Å². The van der Waals surface area contributed by atoms with Crippen molar-refractivity contribution in [2.45, 2.75) is 31.8 Å². The van der Waals surface area contributed by atoms with E-state index in [1.165, 1.54) is 4.90 Å². The van der Waals surface area contributed by atoms with E-state index in [-0.39, 0.29) is 11.7 Å². The summed E-state index contributed by atoms with van der Waals surface area (Å²) in [6, 6.07) is 25.2. The number of methoxy groups -OCH3 is 1. The first-order valence-corrected chi connectivity index (χ1v) is 12.8. The van der Waals surface area contributed by atoms with Crippen molar-refractivity contribution in [3.8, 4) is 5.75 Å². The molecule has 39 heavy (non-hydrogen) atoms. The Morgan fingerprint density at radius 2 is 1.46 bits per heavy atom. The predicted octanol–water partition coefficient (Wildman–Crippen LogP) is 5.24. The Kier molecular flexibility index (Phi) is 7.07. The minimum absolute atomic E-state index is 0.214. The first-order chi connectivity index (χ1) is 18.8. The Morgan fingerprint density at radius 3 is 2.00 bits per heavy atom. The topological polar surface area (TPSA) is 103 Å². The lowest BCUT2D eigenvalue weighted by molar-refractivity contribution is -0.122. The van der Waals surface area contributed by atoms with Crippen molar-refractivity contribution >= 4 is 17.6 Å². The van der Waals surface area contributed by atoms with Gasteiger partial charge in [-0.05, 0) is 55.3 Å². The van der Waals surface area contributed by atoms with Crippen LogP contribution in [0.15, 0.2) is 95.4 Å². The summed E-state index contributed by atoms with van der Waals surface area (Å²) in [4.78, 5) is 43.4. The van der Waals surface area contributed by atoms with E-state index in [0.717, 1.165) is 5.56 Å². The average molecular weight is 523 g/mol. The Balaban J connectivity index is 1.77. The molecule has 3 aromatic carbocycles. The first-order valence-electron chi connectivity index (χ1n) is 12.8. The predicted molar refractivity (Wildman–Crippen MR) is 147 cm³/mol. The molecule has 2 N–H and O–H groups in total. The standard InChI is InChI=1S/C32H30N2O5/c1-19-18-25(20(2)39-19)30(35)27-26(21-14-16-24(38-3)17-15-21)29(31(33)36)34(28(27)22-10-6-4-7-11-22)32(37)23-12-8-5-9-13-23/h4-18,26-29H,1-3H3,(H2,33,36). The van der Waals surface area contributed by atoms with Gasteiger partial charge < -0.3 is 19.8 Å². The van der Waals surface area contributed by atoms with Crippen molar-refractivity contribution in [1.82, 2.24) is 4.90 Å². The smallest absolute Gasteiger partial charge is 0.255 e. The highest BCUT2D eigenvalue weighted by molar-refractivity contribution is 6.04. The van der Waals surface area contributed by atoms with E-state index in [1.54, 1.807) is 63.4 Å². The van der Waals surface area contributed by atoms with Gasteiger partial charge in [-0.15, -0.1) is 0 Å². The molecule has 1 aliphatic rings. The molecule has 7 nitrogen and oxygen atoms in total. The van der Waals surface area contributed by atoms with Gasteiger partial charge in [0.2, 0.25) is 5.91 Å². The van der Waals surface area contributed by atoms with E-state index in [1.807, 2.05) is 48.5 Å². The third-order valence-corrected chi connectivity index (χ3v) is 7.46. The van der Waals surface area contributed by atoms with E-state index < -0.39 is 29.8 Å². The number of Topliss-reactive ketones (excluding diaryl/α,β-unsaturated/α-hetero) is 1. The molecule has 0 bridgehead atoms. The maximum atomic E-state index is 14.5. The van der Waals surface area contributed by atoms with Crippen molar-refractivity contribution in [2.75, 3.05) is 7.11 Å². The molecule has 2 amide bonds. The average Bonchev–Trinajstić information content (AvgIpc) is 3.50. The Hall–Kier alpha value is -4.65. The molecule has 1 fully saturated rings. The number of ether oxygens (including phenoxy) is 1. The van der Waals surface area contributed by atoms with Gasteiger partial charge in [0.15, 0.2) is 5.78 Å². The van der Waals surface area contributed by atoms with Crippen LogP contribution < -0.4 is 10.5 Å². The van der Waals surface area contributed by atoms with Gasteiger partial charge in [0.05, 0.1) is 24.6 Å². The third kappa shape index (κ3) is 4.72. The Morgan fingerprint density at radius 1 is 0.846 bits per heavy atom. The van der Waals surface area contributed by atoms with Crippen LogP contribution in [0, 0.1) is 19.8 Å². The summed E-state index contributed by atoms with van der Waals surface area (Å²) in [6.45, 7) is 3.53. The number of nitrogens with two attached hydrogens (primary N) is 1. The molecular formula is C32H30N2O5. The number of hydrogen-bond donors (Lipinski definition) is 1. The fraction of sp³-hybridized carbons (Fsp3) is 0.219. The molecule has 4 atom stereocenters. The second kappa shape index (κ2) is 10.6. The summed E-state index contributed by atoms with van der Waals surface area (Å²) in [5, 5.41) is 0. The second-order valence-corrected chi connectivity index (χ2v) is 9.80. The Labute approximate surface area is 227 Å². The summed E-state index contributed by atoms with van der Waals surface area (Å²) < 4.78 is 11.1. The summed E-state index contributed by atoms with van der Waals surface area (Å²) in [7, 11) is 1.57. The van der Waals surface area contributed by atoms with Gasteiger partial charge >= 0.3 is 0 Å². The van der Waals surface area contributed by atoms with Gasteiger partial charge in [0, 0.05) is 11.5 Å². The van der Waals surface area contributed by atoms with Crippen LogP contribution in [0.1, 0.15) is 55.3 Å². The molecule has 0 radical (unpaired) electrons. The Bertz CT molecular complexity index is 1490. The molecule has 0 saturated carbocycles. The van der Waals surface area contributed by atoms with Crippen LogP contribution in [0.3, 0.4) is 0 Å². The van der Waals surface area contributed by atoms with Crippen LogP contribution in [0.25, 0.3) is 0 Å². The zero-order valence-corrected chi connectivity index (χ0v) is 22.0. The number of hydrogen-bond acceptors (Lipinski definition) is 5. The number of amides is 2. The normalized spacial score (nSPS) is 20.5. The van der Waals surface area contributed by atoms with Crippen LogP contribution in [0.4, 0.5) is 0 Å². The van der Waals surface area contributed by atoms with Crippen molar-refractivity contribution < 1.29 is 23.5 Å². The molecule has 0 aliphatic carbocycles. The number of carbonyl (C=O) groups excluding carboxylic acids is 3. The number of furan rings is 1. The summed E-state index contributed by atoms with van der Waals surface area (Å²) in [5.74, 6) is -1.08. The quantitative estimate of drug-likeness (QED) is 0.335. The highest BCUT2D eigenvalue weighted by Crippen LogP contribution is 2.52. The summed E-state index contributed by atoms with van der Waals surface area (Å²) in [6.07, 6.45) is 0. The zero-order valence-electron chi connectivity index (χ0n) is 22.0. The van der Waals surface area contributed by atoms with Crippen molar-refractivity contribution in [2.24, 2.45) is 11.7 Å². The van der Waals surface area contributed by atoms with Crippen molar-refractivity contribution in [1.29, 1.82) is 0 Å². The lowest BCUT2D eigenvalue weighted by Crippen LogP contribution is -2.46. The van der Waals surface area contributed by atoms with Crippen molar-refractivity contribution in [3.63, 3.8) is 0 Å². The van der Waals surface area contributed by atoms with E-state index in [9.17, 15) is 14.4 Å². The SMILES string of the molecule is COc1ccc(C2C(C(=O)c3cc(C)oc3C)C(c3ccccc3)N(C(=O)c3ccccc3)C2C(N)=O)cc1. The molecule has 2 heterocycles. The molecule has 4 unspecified atom stereocenters. The molecule has 1 aromatic heterocycles. The molecule has 1 aliphatic heterocycles. The number of carbonyl (C=O) groups is 3. The zero-order chi connectivity index (χ0) is 27.7. The van der Waals surface area contributed by atoms with Crippen molar-refractivity contribution in [3.05, 3.63) is 125 Å². The minimum Gasteiger partial charge on any atom is -0.497 e. The molecular weight excluding hydrogens is 492 g/mol. The van der Waals surface area contributed by atoms with Crippen LogP contribution in [-0.2, 0) is 4.79 Å². The molecule has 4 aromatic rings. The minimum atomic E-state index is -1.08. The number of nitrogens with zero attached hydrogens (tertiary/aromatic N) is 1. The van der Waals surface area contributed by atoms with Crippen LogP contribution in [-0.4, -0.2) is 35.6 Å². The fourth-order valence-corrected chi connectivity index (χ4v) is 5.80. The molecule has 7 heteroatoms. The van der Waals surface area contributed by atoms with Gasteiger partial charge in [-0.1, -0.05) is 60.7 Å². The molecule has 1 saturated heterocycles. The van der Waals surface area contributed by atoms with Gasteiger partial charge in [-0.2, -0.15) is 0 Å². The van der Waals surface area contributed by atoms with Gasteiger partial charge in [0.25, 0.3) is 5.91 Å². The van der Waals surface area contributed by atoms with E-state index >= 15 is 0 Å². The maximum absolute atomic E-state index is 14.5. The van der Waals surface area contributed by atoms with Crippen LogP contribution >= 0.6 is 0 Å². The number of rotatable bonds is 7. The highest BCUT2D eigenvalue weighted by atomic mass is 16.5. The van der Waals surface area contributed by atoms with Gasteiger partial charge in [0.1, 0.15) is 23.3 Å². The second-order valence-electron chi connectivity index (χ2n) is 9.80. The summed E-state index contributed by atoms with van der Waals surface area (Å²) in [5.41, 5.74) is 8.35.